The summed E-state index contributed by atoms with van der Waals surface area (Å²) < 4.78 is 4.94. The Morgan fingerprint density at radius 3 is 2.08 bits per heavy atom. The van der Waals surface area contributed by atoms with Crippen molar-refractivity contribution >= 4 is 17.5 Å². The molecular formula is C19H30N2O3. The van der Waals surface area contributed by atoms with Gasteiger partial charge >= 0.3 is 0 Å². The van der Waals surface area contributed by atoms with Gasteiger partial charge in [-0.25, -0.2) is 0 Å². The summed E-state index contributed by atoms with van der Waals surface area (Å²) in [6.07, 6.45) is 0.716. The van der Waals surface area contributed by atoms with E-state index in [1.807, 2.05) is 24.3 Å². The molecule has 0 radical (unpaired) electrons. The number of anilines is 1. The number of amides is 2. The van der Waals surface area contributed by atoms with Crippen LogP contribution in [0.5, 0.6) is 0 Å². The summed E-state index contributed by atoms with van der Waals surface area (Å²) in [5.74, 6) is -0.613. The van der Waals surface area contributed by atoms with Gasteiger partial charge in [-0.3, -0.25) is 9.59 Å². The Morgan fingerprint density at radius 1 is 1.00 bits per heavy atom. The standard InChI is InChI=1S/C19H30N2O3/c1-18(2,3)14-8-10-15(11-9-14)21-17(23)19(4,5)16(22)20-12-7-13-24-6/h8-11H,7,12-13H2,1-6H3,(H,20,22)(H,21,23). The molecule has 1 aromatic carbocycles. The van der Waals surface area contributed by atoms with Crippen LogP contribution < -0.4 is 10.6 Å². The van der Waals surface area contributed by atoms with Gasteiger partial charge in [0.05, 0.1) is 0 Å². The molecule has 0 fully saturated rings. The van der Waals surface area contributed by atoms with E-state index in [2.05, 4.69) is 31.4 Å². The van der Waals surface area contributed by atoms with Gasteiger partial charge in [-0.15, -0.1) is 0 Å². The first-order valence-electron chi connectivity index (χ1n) is 8.28. The van der Waals surface area contributed by atoms with Crippen molar-refractivity contribution in [2.24, 2.45) is 5.41 Å². The molecule has 2 N–H and O–H groups in total. The van der Waals surface area contributed by atoms with Crippen molar-refractivity contribution in [1.29, 1.82) is 0 Å². The highest BCUT2D eigenvalue weighted by atomic mass is 16.5. The highest BCUT2D eigenvalue weighted by Crippen LogP contribution is 2.24. The first-order chi connectivity index (χ1) is 11.1. The van der Waals surface area contributed by atoms with Crippen LogP contribution in [0.15, 0.2) is 24.3 Å². The minimum Gasteiger partial charge on any atom is -0.385 e. The van der Waals surface area contributed by atoms with Crippen LogP contribution in [0.4, 0.5) is 5.69 Å². The molecule has 1 aromatic rings. The summed E-state index contributed by atoms with van der Waals surface area (Å²) in [4.78, 5) is 24.7. The van der Waals surface area contributed by atoms with E-state index in [4.69, 9.17) is 4.74 Å². The van der Waals surface area contributed by atoms with Crippen LogP contribution in [0.25, 0.3) is 0 Å². The van der Waals surface area contributed by atoms with Gasteiger partial charge in [-0.05, 0) is 43.4 Å². The number of hydrogen-bond donors (Lipinski definition) is 2. The van der Waals surface area contributed by atoms with Gasteiger partial charge < -0.3 is 15.4 Å². The van der Waals surface area contributed by atoms with E-state index >= 15 is 0 Å². The molecule has 0 aliphatic rings. The summed E-state index contributed by atoms with van der Waals surface area (Å²) in [6, 6.07) is 7.72. The molecule has 134 valence electrons. The number of carbonyl (C=O) groups is 2. The van der Waals surface area contributed by atoms with Crippen LogP contribution >= 0.6 is 0 Å². The molecule has 0 saturated heterocycles. The lowest BCUT2D eigenvalue weighted by Crippen LogP contribution is -2.45. The van der Waals surface area contributed by atoms with E-state index in [1.54, 1.807) is 21.0 Å². The summed E-state index contributed by atoms with van der Waals surface area (Å²) in [6.45, 7) is 10.7. The Labute approximate surface area is 145 Å². The van der Waals surface area contributed by atoms with Crippen LogP contribution in [0.1, 0.15) is 46.6 Å². The fraction of sp³-hybridized carbons (Fsp3) is 0.579. The van der Waals surface area contributed by atoms with Crippen LogP contribution in [-0.2, 0) is 19.7 Å². The van der Waals surface area contributed by atoms with Crippen LogP contribution in [0, 0.1) is 5.41 Å². The fourth-order valence-electron chi connectivity index (χ4n) is 2.08. The molecule has 0 saturated carbocycles. The van der Waals surface area contributed by atoms with E-state index in [1.165, 1.54) is 5.56 Å². The lowest BCUT2D eigenvalue weighted by molar-refractivity contribution is -0.138. The van der Waals surface area contributed by atoms with Crippen LogP contribution in [0.3, 0.4) is 0 Å². The van der Waals surface area contributed by atoms with Crippen LogP contribution in [-0.4, -0.2) is 32.1 Å². The van der Waals surface area contributed by atoms with Gasteiger partial charge in [0.15, 0.2) is 0 Å². The zero-order valence-electron chi connectivity index (χ0n) is 15.7. The third-order valence-corrected chi connectivity index (χ3v) is 3.95. The van der Waals surface area contributed by atoms with Crippen molar-refractivity contribution in [2.45, 2.75) is 46.5 Å². The average molecular weight is 334 g/mol. The highest BCUT2D eigenvalue weighted by molar-refractivity contribution is 6.09. The minimum absolute atomic E-state index is 0.0594. The second kappa shape index (κ2) is 8.29. The normalized spacial score (nSPS) is 11.9. The first kappa shape index (κ1) is 20.2. The quantitative estimate of drug-likeness (QED) is 0.595. The predicted molar refractivity (Wildman–Crippen MR) is 97.1 cm³/mol. The van der Waals surface area contributed by atoms with E-state index < -0.39 is 5.41 Å². The third kappa shape index (κ3) is 5.64. The van der Waals surface area contributed by atoms with Gasteiger partial charge in [-0.1, -0.05) is 32.9 Å². The topological polar surface area (TPSA) is 67.4 Å². The Bertz CT molecular complexity index is 557. The molecule has 0 unspecified atom stereocenters. The third-order valence-electron chi connectivity index (χ3n) is 3.95. The average Bonchev–Trinajstić information content (AvgIpc) is 2.50. The summed E-state index contributed by atoms with van der Waals surface area (Å²) in [5, 5.41) is 5.59. The zero-order valence-corrected chi connectivity index (χ0v) is 15.7. The molecule has 0 spiro atoms. The number of rotatable bonds is 7. The molecule has 0 aliphatic heterocycles. The molecule has 0 aliphatic carbocycles. The van der Waals surface area contributed by atoms with Gasteiger partial charge in [-0.2, -0.15) is 0 Å². The first-order valence-corrected chi connectivity index (χ1v) is 8.28. The van der Waals surface area contributed by atoms with Gasteiger partial charge in [0.1, 0.15) is 5.41 Å². The summed E-state index contributed by atoms with van der Waals surface area (Å²) >= 11 is 0. The van der Waals surface area contributed by atoms with Crippen molar-refractivity contribution in [1.82, 2.24) is 5.32 Å². The van der Waals surface area contributed by atoms with E-state index in [0.29, 0.717) is 25.3 Å². The Hall–Kier alpha value is -1.88. The maximum Gasteiger partial charge on any atom is 0.239 e. The molecular weight excluding hydrogens is 304 g/mol. The maximum absolute atomic E-state index is 12.4. The van der Waals surface area contributed by atoms with Crippen molar-refractivity contribution < 1.29 is 14.3 Å². The lowest BCUT2D eigenvalue weighted by Gasteiger charge is -2.23. The molecule has 5 nitrogen and oxygen atoms in total. The molecule has 2 amide bonds. The van der Waals surface area contributed by atoms with Gasteiger partial charge in [0.25, 0.3) is 0 Å². The molecule has 0 aromatic heterocycles. The summed E-state index contributed by atoms with van der Waals surface area (Å²) in [5.41, 5.74) is 0.795. The SMILES string of the molecule is COCCCNC(=O)C(C)(C)C(=O)Nc1ccc(C(C)(C)C)cc1. The number of nitrogens with one attached hydrogen (secondary N) is 2. The van der Waals surface area contributed by atoms with Crippen molar-refractivity contribution in [3.8, 4) is 0 Å². The number of hydrogen-bond acceptors (Lipinski definition) is 3. The second-order valence-corrected chi connectivity index (χ2v) is 7.51. The summed E-state index contributed by atoms with van der Waals surface area (Å²) in [7, 11) is 1.62. The lowest BCUT2D eigenvalue weighted by atomic mass is 9.87. The monoisotopic (exact) mass is 334 g/mol. The van der Waals surface area contributed by atoms with Gasteiger partial charge in [0.2, 0.25) is 11.8 Å². The largest absolute Gasteiger partial charge is 0.385 e. The zero-order chi connectivity index (χ0) is 18.4. The molecule has 5 heteroatoms. The predicted octanol–water partition coefficient (Wildman–Crippen LogP) is 3.10. The second-order valence-electron chi connectivity index (χ2n) is 7.51. The van der Waals surface area contributed by atoms with Crippen molar-refractivity contribution in [3.63, 3.8) is 0 Å². The Morgan fingerprint density at radius 2 is 1.58 bits per heavy atom. The van der Waals surface area contributed by atoms with Crippen LogP contribution in [0.2, 0.25) is 0 Å². The van der Waals surface area contributed by atoms with E-state index in [-0.39, 0.29) is 17.2 Å². The Kier molecular flexibility index (Phi) is 6.96. The molecule has 24 heavy (non-hydrogen) atoms. The van der Waals surface area contributed by atoms with Crippen molar-refractivity contribution in [3.05, 3.63) is 29.8 Å². The van der Waals surface area contributed by atoms with Gasteiger partial charge in [0, 0.05) is 25.9 Å². The molecule has 0 bridgehead atoms. The van der Waals surface area contributed by atoms with E-state index in [0.717, 1.165) is 0 Å². The maximum atomic E-state index is 12.4. The molecule has 0 atom stereocenters. The van der Waals surface area contributed by atoms with E-state index in [9.17, 15) is 9.59 Å². The Balaban J connectivity index is 2.66. The number of benzene rings is 1. The molecule has 1 rings (SSSR count). The smallest absolute Gasteiger partial charge is 0.239 e. The van der Waals surface area contributed by atoms with Crippen molar-refractivity contribution in [2.75, 3.05) is 25.6 Å². The number of methoxy groups -OCH3 is 1. The number of carbonyl (C=O) groups excluding carboxylic acids is 2. The molecule has 0 heterocycles. The number of ether oxygens (including phenoxy) is 1. The minimum atomic E-state index is -1.14. The fourth-order valence-corrected chi connectivity index (χ4v) is 2.08. The highest BCUT2D eigenvalue weighted by Gasteiger charge is 2.35.